The third kappa shape index (κ3) is 3.35. The number of aryl methyl sites for hydroxylation is 2. The summed E-state index contributed by atoms with van der Waals surface area (Å²) in [6.07, 6.45) is 2.45. The van der Waals surface area contributed by atoms with Crippen LogP contribution in [-0.2, 0) is 11.3 Å². The predicted octanol–water partition coefficient (Wildman–Crippen LogP) is 1.53. The number of nitrogens with zero attached hydrogens (tertiary/aromatic N) is 7. The molecule has 0 unspecified atom stereocenters. The molecule has 1 aromatic carbocycles. The van der Waals surface area contributed by atoms with Crippen molar-refractivity contribution in [3.05, 3.63) is 52.7 Å². The maximum Gasteiger partial charge on any atom is 0.283 e. The number of aromatic nitrogens is 6. The Morgan fingerprint density at radius 1 is 1.03 bits per heavy atom. The number of fused-ring (bicyclic) bond motifs is 3. The van der Waals surface area contributed by atoms with Crippen LogP contribution in [0.25, 0.3) is 27.9 Å². The fraction of sp³-hybridized carbons (Fsp3) is 0.381. The summed E-state index contributed by atoms with van der Waals surface area (Å²) >= 11 is 0. The fourth-order valence-electron chi connectivity index (χ4n) is 3.96. The van der Waals surface area contributed by atoms with Crippen LogP contribution in [0.5, 0.6) is 0 Å². The minimum atomic E-state index is -0.189. The van der Waals surface area contributed by atoms with E-state index in [2.05, 4.69) is 25.2 Å². The Bertz CT molecular complexity index is 1240. The van der Waals surface area contributed by atoms with E-state index in [9.17, 15) is 4.79 Å². The molecule has 0 saturated carbocycles. The summed E-state index contributed by atoms with van der Waals surface area (Å²) in [4.78, 5) is 19.8. The van der Waals surface area contributed by atoms with Crippen molar-refractivity contribution >= 4 is 16.8 Å². The van der Waals surface area contributed by atoms with E-state index in [4.69, 9.17) is 4.74 Å². The van der Waals surface area contributed by atoms with Crippen molar-refractivity contribution in [2.24, 2.45) is 0 Å². The van der Waals surface area contributed by atoms with Crippen LogP contribution < -0.4 is 5.56 Å². The summed E-state index contributed by atoms with van der Waals surface area (Å²) in [5.41, 5.74) is 3.81. The van der Waals surface area contributed by atoms with Gasteiger partial charge < -0.3 is 4.74 Å². The summed E-state index contributed by atoms with van der Waals surface area (Å²) < 4.78 is 8.61. The topological polar surface area (TPSA) is 90.4 Å². The lowest BCUT2D eigenvalue weighted by Crippen LogP contribution is -2.37. The highest BCUT2D eigenvalue weighted by molar-refractivity contribution is 5.83. The van der Waals surface area contributed by atoms with Crippen molar-refractivity contribution in [2.45, 2.75) is 19.9 Å². The molecule has 5 rings (SSSR count). The summed E-state index contributed by atoms with van der Waals surface area (Å²) in [6.45, 7) is 6.88. The first-order valence-corrected chi connectivity index (χ1v) is 10.2. The fourth-order valence-corrected chi connectivity index (χ4v) is 3.96. The Morgan fingerprint density at radius 2 is 1.83 bits per heavy atom. The molecule has 3 aromatic heterocycles. The molecule has 4 aromatic rings. The maximum absolute atomic E-state index is 13.0. The van der Waals surface area contributed by atoms with Gasteiger partial charge in [-0.05, 0) is 18.9 Å². The Kier molecular flexibility index (Phi) is 4.97. The number of rotatable bonds is 5. The van der Waals surface area contributed by atoms with Crippen molar-refractivity contribution < 1.29 is 4.74 Å². The van der Waals surface area contributed by atoms with Gasteiger partial charge in [-0.3, -0.25) is 14.3 Å². The quantitative estimate of drug-likeness (QED) is 0.497. The minimum absolute atomic E-state index is 0.189. The normalized spacial score (nSPS) is 15.2. The molecular weight excluding hydrogens is 382 g/mol. The van der Waals surface area contributed by atoms with E-state index >= 15 is 0 Å². The van der Waals surface area contributed by atoms with Gasteiger partial charge in [0, 0.05) is 26.2 Å². The Hall–Kier alpha value is -3.17. The van der Waals surface area contributed by atoms with E-state index in [-0.39, 0.29) is 11.1 Å². The van der Waals surface area contributed by atoms with Gasteiger partial charge in [0.15, 0.2) is 16.8 Å². The van der Waals surface area contributed by atoms with Gasteiger partial charge in [0.25, 0.3) is 5.56 Å². The van der Waals surface area contributed by atoms with E-state index in [1.54, 1.807) is 15.4 Å². The third-order valence-corrected chi connectivity index (χ3v) is 5.52. The average Bonchev–Trinajstić information content (AvgIpc) is 3.13. The lowest BCUT2D eigenvalue weighted by molar-refractivity contribution is 0.0369. The molecule has 154 valence electrons. The minimum Gasteiger partial charge on any atom is -0.379 e. The summed E-state index contributed by atoms with van der Waals surface area (Å²) in [6, 6.07) is 9.93. The second kappa shape index (κ2) is 7.92. The number of morpholine rings is 1. The lowest BCUT2D eigenvalue weighted by Gasteiger charge is -2.26. The molecule has 1 aliphatic rings. The van der Waals surface area contributed by atoms with Gasteiger partial charge in [-0.1, -0.05) is 30.3 Å². The molecule has 0 amide bonds. The van der Waals surface area contributed by atoms with Gasteiger partial charge in [-0.2, -0.15) is 9.61 Å². The first kappa shape index (κ1) is 18.8. The molecule has 4 heterocycles. The zero-order valence-electron chi connectivity index (χ0n) is 16.9. The first-order chi connectivity index (χ1) is 14.7. The molecule has 1 aliphatic heterocycles. The van der Waals surface area contributed by atoms with Crippen LogP contribution in [0, 0.1) is 6.92 Å². The number of benzene rings is 1. The molecular formula is C21H23N7O2. The molecule has 0 bridgehead atoms. The lowest BCUT2D eigenvalue weighted by atomic mass is 10.1. The number of ether oxygens (including phenoxy) is 1. The van der Waals surface area contributed by atoms with E-state index < -0.39 is 0 Å². The van der Waals surface area contributed by atoms with Gasteiger partial charge in [-0.25, -0.2) is 4.98 Å². The zero-order valence-corrected chi connectivity index (χ0v) is 16.9. The highest BCUT2D eigenvalue weighted by atomic mass is 16.5. The van der Waals surface area contributed by atoms with Crippen LogP contribution in [0.3, 0.4) is 0 Å². The SMILES string of the molecule is Cc1nn2c(nnc3c(=O)n(CCCN4CCOCC4)cnc32)c1-c1ccccc1. The molecule has 9 nitrogen and oxygen atoms in total. The zero-order chi connectivity index (χ0) is 20.5. The van der Waals surface area contributed by atoms with Crippen molar-refractivity contribution in [3.63, 3.8) is 0 Å². The van der Waals surface area contributed by atoms with Crippen LogP contribution in [0.2, 0.25) is 0 Å². The van der Waals surface area contributed by atoms with Crippen LogP contribution in [0.15, 0.2) is 41.5 Å². The predicted molar refractivity (Wildman–Crippen MR) is 112 cm³/mol. The highest BCUT2D eigenvalue weighted by Crippen LogP contribution is 2.27. The summed E-state index contributed by atoms with van der Waals surface area (Å²) in [5, 5.41) is 13.2. The average molecular weight is 405 g/mol. The number of hydrogen-bond donors (Lipinski definition) is 0. The molecule has 0 spiro atoms. The Labute approximate surface area is 172 Å². The largest absolute Gasteiger partial charge is 0.379 e. The van der Waals surface area contributed by atoms with Gasteiger partial charge >= 0.3 is 0 Å². The third-order valence-electron chi connectivity index (χ3n) is 5.52. The second-order valence-corrected chi connectivity index (χ2v) is 7.48. The van der Waals surface area contributed by atoms with Crippen molar-refractivity contribution in [2.75, 3.05) is 32.8 Å². The van der Waals surface area contributed by atoms with Gasteiger partial charge in [0.1, 0.15) is 6.33 Å². The maximum atomic E-state index is 13.0. The Morgan fingerprint density at radius 3 is 2.63 bits per heavy atom. The van der Waals surface area contributed by atoms with E-state index in [0.717, 1.165) is 56.1 Å². The molecule has 1 saturated heterocycles. The van der Waals surface area contributed by atoms with Gasteiger partial charge in [-0.15, -0.1) is 10.2 Å². The summed E-state index contributed by atoms with van der Waals surface area (Å²) in [5.74, 6) is 0. The van der Waals surface area contributed by atoms with Crippen LogP contribution in [0.1, 0.15) is 12.1 Å². The monoisotopic (exact) mass is 405 g/mol. The number of hydrogen-bond acceptors (Lipinski definition) is 7. The molecule has 0 atom stereocenters. The van der Waals surface area contributed by atoms with Gasteiger partial charge in [0.2, 0.25) is 0 Å². The van der Waals surface area contributed by atoms with Gasteiger partial charge in [0.05, 0.1) is 24.5 Å². The van der Waals surface area contributed by atoms with Crippen LogP contribution in [0.4, 0.5) is 0 Å². The summed E-state index contributed by atoms with van der Waals surface area (Å²) in [7, 11) is 0. The molecule has 0 N–H and O–H groups in total. The standard InChI is InChI=1S/C21H23N7O2/c1-15-17(16-6-3-2-4-7-16)19-24-23-18-20(28(19)25-15)22-14-27(21(18)29)9-5-8-26-10-12-30-13-11-26/h2-4,6-7,14H,5,8-13H2,1H3. The molecule has 0 radical (unpaired) electrons. The molecule has 0 aliphatic carbocycles. The van der Waals surface area contributed by atoms with Crippen LogP contribution >= 0.6 is 0 Å². The van der Waals surface area contributed by atoms with E-state index in [0.29, 0.717) is 17.8 Å². The van der Waals surface area contributed by atoms with E-state index in [1.165, 1.54) is 0 Å². The molecule has 30 heavy (non-hydrogen) atoms. The van der Waals surface area contributed by atoms with Crippen molar-refractivity contribution in [1.82, 2.24) is 34.3 Å². The molecule has 9 heteroatoms. The van der Waals surface area contributed by atoms with E-state index in [1.807, 2.05) is 37.3 Å². The molecule has 1 fully saturated rings. The van der Waals surface area contributed by atoms with Crippen LogP contribution in [-0.4, -0.2) is 67.1 Å². The highest BCUT2D eigenvalue weighted by Gasteiger charge is 2.18. The second-order valence-electron chi connectivity index (χ2n) is 7.48. The smallest absolute Gasteiger partial charge is 0.283 e. The Balaban J connectivity index is 1.47. The van der Waals surface area contributed by atoms with Crippen molar-refractivity contribution in [3.8, 4) is 11.1 Å². The first-order valence-electron chi connectivity index (χ1n) is 10.2. The van der Waals surface area contributed by atoms with Crippen molar-refractivity contribution in [1.29, 1.82) is 0 Å².